The number of likely N-dealkylation sites (N-methyl/N-ethyl adjacent to an activating group) is 1. The summed E-state index contributed by atoms with van der Waals surface area (Å²) in [7, 11) is 1.63. The molecule has 1 heterocycles. The van der Waals surface area contributed by atoms with Crippen LogP contribution in [-0.4, -0.2) is 18.7 Å². The third-order valence-corrected chi connectivity index (χ3v) is 4.33. The third-order valence-electron chi connectivity index (χ3n) is 3.33. The summed E-state index contributed by atoms with van der Waals surface area (Å²) in [5.74, 6) is -0.883. The highest BCUT2D eigenvalue weighted by Gasteiger charge is 2.33. The van der Waals surface area contributed by atoms with Gasteiger partial charge in [-0.2, -0.15) is 0 Å². The molecule has 3 rings (SSSR count). The van der Waals surface area contributed by atoms with E-state index in [-0.39, 0.29) is 0 Å². The molecule has 0 spiro atoms. The molecule has 2 aromatic carbocycles. The zero-order chi connectivity index (χ0) is 14.3. The molecule has 2 aromatic rings. The Morgan fingerprint density at radius 1 is 0.950 bits per heavy atom. The van der Waals surface area contributed by atoms with Gasteiger partial charge in [0, 0.05) is 16.8 Å². The van der Waals surface area contributed by atoms with Crippen molar-refractivity contribution in [3.63, 3.8) is 0 Å². The van der Waals surface area contributed by atoms with Crippen molar-refractivity contribution in [2.24, 2.45) is 0 Å². The average Bonchev–Trinajstić information content (AvgIpc) is 2.66. The second-order valence-corrected chi connectivity index (χ2v) is 5.93. The molecular formula is C16H13NO2S. The Hall–Kier alpha value is -2.07. The van der Waals surface area contributed by atoms with Gasteiger partial charge in [-0.05, 0) is 37.3 Å². The molecule has 1 aliphatic heterocycles. The zero-order valence-corrected chi connectivity index (χ0v) is 12.0. The second-order valence-electron chi connectivity index (χ2n) is 4.79. The molecule has 0 atom stereocenters. The maximum Gasteiger partial charge on any atom is 0.299 e. The Balaban J connectivity index is 1.92. The summed E-state index contributed by atoms with van der Waals surface area (Å²) in [6, 6.07) is 13.8. The van der Waals surface area contributed by atoms with Crippen molar-refractivity contribution >= 4 is 29.1 Å². The number of ketones is 1. The molecule has 0 N–H and O–H groups in total. The lowest BCUT2D eigenvalue weighted by Gasteiger charge is -2.10. The number of benzene rings is 2. The fourth-order valence-corrected chi connectivity index (χ4v) is 3.01. The van der Waals surface area contributed by atoms with Crippen LogP contribution in [0.2, 0.25) is 0 Å². The Kier molecular flexibility index (Phi) is 3.10. The molecule has 0 aromatic heterocycles. The molecule has 0 unspecified atom stereocenters. The standard InChI is InChI=1S/C16H13NO2S/c1-10-3-5-11(6-4-10)20-12-7-8-13-14(9-12)17(2)16(19)15(13)18/h3-9H,1-2H3. The first-order chi connectivity index (χ1) is 9.56. The molecule has 100 valence electrons. The van der Waals surface area contributed by atoms with Crippen LogP contribution in [0.15, 0.2) is 52.3 Å². The van der Waals surface area contributed by atoms with Crippen molar-refractivity contribution in [3.05, 3.63) is 53.6 Å². The highest BCUT2D eigenvalue weighted by atomic mass is 32.2. The molecule has 0 radical (unpaired) electrons. The highest BCUT2D eigenvalue weighted by molar-refractivity contribution is 7.99. The smallest absolute Gasteiger partial charge is 0.299 e. The summed E-state index contributed by atoms with van der Waals surface area (Å²) in [5, 5.41) is 0. The van der Waals surface area contributed by atoms with Gasteiger partial charge in [0.05, 0.1) is 11.3 Å². The third kappa shape index (κ3) is 2.12. The molecule has 0 saturated carbocycles. The van der Waals surface area contributed by atoms with Crippen LogP contribution in [0.5, 0.6) is 0 Å². The monoisotopic (exact) mass is 283 g/mol. The molecule has 0 aliphatic carbocycles. The molecule has 20 heavy (non-hydrogen) atoms. The van der Waals surface area contributed by atoms with Gasteiger partial charge in [-0.25, -0.2) is 0 Å². The molecule has 1 amide bonds. The topological polar surface area (TPSA) is 37.4 Å². The van der Waals surface area contributed by atoms with E-state index in [0.717, 1.165) is 9.79 Å². The average molecular weight is 283 g/mol. The normalized spacial score (nSPS) is 13.8. The predicted octanol–water partition coefficient (Wildman–Crippen LogP) is 3.31. The van der Waals surface area contributed by atoms with E-state index in [2.05, 4.69) is 31.2 Å². The molecular weight excluding hydrogens is 270 g/mol. The van der Waals surface area contributed by atoms with Gasteiger partial charge < -0.3 is 4.90 Å². The summed E-state index contributed by atoms with van der Waals surface area (Å²) in [5.41, 5.74) is 2.40. The molecule has 0 saturated heterocycles. The number of carbonyl (C=O) groups is 2. The lowest BCUT2D eigenvalue weighted by atomic mass is 10.1. The number of nitrogens with zero attached hydrogens (tertiary/aromatic N) is 1. The van der Waals surface area contributed by atoms with Gasteiger partial charge >= 0.3 is 0 Å². The first-order valence-electron chi connectivity index (χ1n) is 6.27. The number of fused-ring (bicyclic) bond motifs is 1. The quantitative estimate of drug-likeness (QED) is 0.794. The Morgan fingerprint density at radius 2 is 1.60 bits per heavy atom. The Bertz CT molecular complexity index is 707. The van der Waals surface area contributed by atoms with Gasteiger partial charge in [-0.3, -0.25) is 9.59 Å². The fraction of sp³-hybridized carbons (Fsp3) is 0.125. The van der Waals surface area contributed by atoms with Gasteiger partial charge in [0.1, 0.15) is 0 Å². The number of hydrogen-bond donors (Lipinski definition) is 0. The van der Waals surface area contributed by atoms with Crippen LogP contribution in [0, 0.1) is 6.92 Å². The van der Waals surface area contributed by atoms with Crippen LogP contribution in [0.4, 0.5) is 5.69 Å². The van der Waals surface area contributed by atoms with Gasteiger partial charge in [0.15, 0.2) is 0 Å². The van der Waals surface area contributed by atoms with Crippen LogP contribution >= 0.6 is 11.8 Å². The van der Waals surface area contributed by atoms with Crippen LogP contribution in [0.3, 0.4) is 0 Å². The SMILES string of the molecule is Cc1ccc(Sc2ccc3c(c2)N(C)C(=O)C3=O)cc1. The summed E-state index contributed by atoms with van der Waals surface area (Å²) in [4.78, 5) is 26.9. The van der Waals surface area contributed by atoms with Gasteiger partial charge in [0.25, 0.3) is 11.7 Å². The van der Waals surface area contributed by atoms with E-state index < -0.39 is 11.7 Å². The Labute approximate surface area is 121 Å². The van der Waals surface area contributed by atoms with E-state index in [9.17, 15) is 9.59 Å². The first-order valence-corrected chi connectivity index (χ1v) is 7.09. The largest absolute Gasteiger partial charge is 0.308 e. The number of carbonyl (C=O) groups excluding carboxylic acids is 2. The van der Waals surface area contributed by atoms with Crippen molar-refractivity contribution in [2.75, 3.05) is 11.9 Å². The number of anilines is 1. The lowest BCUT2D eigenvalue weighted by Crippen LogP contribution is -2.24. The van der Waals surface area contributed by atoms with Crippen LogP contribution in [0.1, 0.15) is 15.9 Å². The number of aryl methyl sites for hydroxylation is 1. The molecule has 4 heteroatoms. The fourth-order valence-electron chi connectivity index (χ4n) is 2.16. The van der Waals surface area contributed by atoms with Crippen molar-refractivity contribution in [1.29, 1.82) is 0 Å². The molecule has 0 fully saturated rings. The Morgan fingerprint density at radius 3 is 2.30 bits per heavy atom. The van der Waals surface area contributed by atoms with Crippen LogP contribution in [-0.2, 0) is 4.79 Å². The van der Waals surface area contributed by atoms with Crippen LogP contribution in [0.25, 0.3) is 0 Å². The van der Waals surface area contributed by atoms with Crippen molar-refractivity contribution in [1.82, 2.24) is 0 Å². The maximum atomic E-state index is 11.7. The van der Waals surface area contributed by atoms with Crippen LogP contribution < -0.4 is 4.90 Å². The van der Waals surface area contributed by atoms with E-state index in [1.165, 1.54) is 10.5 Å². The summed E-state index contributed by atoms with van der Waals surface area (Å²) < 4.78 is 0. The van der Waals surface area contributed by atoms with Crippen molar-refractivity contribution < 1.29 is 9.59 Å². The maximum absolute atomic E-state index is 11.7. The summed E-state index contributed by atoms with van der Waals surface area (Å²) in [6.07, 6.45) is 0. The first kappa shape index (κ1) is 12.9. The van der Waals surface area contributed by atoms with Gasteiger partial charge in [0.2, 0.25) is 0 Å². The van der Waals surface area contributed by atoms with Gasteiger partial charge in [-0.1, -0.05) is 29.5 Å². The van der Waals surface area contributed by atoms with E-state index in [0.29, 0.717) is 11.3 Å². The number of rotatable bonds is 2. The highest BCUT2D eigenvalue weighted by Crippen LogP contribution is 2.35. The number of hydrogen-bond acceptors (Lipinski definition) is 3. The minimum absolute atomic E-state index is 0.422. The zero-order valence-electron chi connectivity index (χ0n) is 11.2. The van der Waals surface area contributed by atoms with E-state index in [1.54, 1.807) is 24.9 Å². The van der Waals surface area contributed by atoms with Gasteiger partial charge in [-0.15, -0.1) is 0 Å². The molecule has 3 nitrogen and oxygen atoms in total. The van der Waals surface area contributed by atoms with E-state index in [4.69, 9.17) is 0 Å². The van der Waals surface area contributed by atoms with E-state index in [1.807, 2.05) is 12.1 Å². The predicted molar refractivity (Wildman–Crippen MR) is 79.5 cm³/mol. The molecule has 1 aliphatic rings. The summed E-state index contributed by atoms with van der Waals surface area (Å²) >= 11 is 1.62. The minimum atomic E-state index is -0.461. The second kappa shape index (κ2) is 4.80. The minimum Gasteiger partial charge on any atom is -0.308 e. The van der Waals surface area contributed by atoms with Crippen molar-refractivity contribution in [3.8, 4) is 0 Å². The number of amides is 1. The number of Topliss-reactive ketones (excluding diaryl/α,β-unsaturated/α-hetero) is 1. The summed E-state index contributed by atoms with van der Waals surface area (Å²) in [6.45, 7) is 2.05. The lowest BCUT2D eigenvalue weighted by molar-refractivity contribution is -0.114. The van der Waals surface area contributed by atoms with E-state index >= 15 is 0 Å². The molecule has 0 bridgehead atoms. The van der Waals surface area contributed by atoms with Crippen molar-refractivity contribution in [2.45, 2.75) is 16.7 Å².